The predicted molar refractivity (Wildman–Crippen MR) is 103 cm³/mol. The van der Waals surface area contributed by atoms with Crippen LogP contribution in [0.5, 0.6) is 0 Å². The molecule has 172 valence electrons. The second-order valence-electron chi connectivity index (χ2n) is 7.67. The highest BCUT2D eigenvalue weighted by atomic mass is 35.5. The quantitative estimate of drug-likeness (QED) is 0.477. The molecule has 1 atom stereocenters. The number of anilines is 1. The number of carbonyl (C=O) groups is 1. The molecule has 0 aliphatic heterocycles. The first kappa shape index (κ1) is 23.3. The van der Waals surface area contributed by atoms with Crippen LogP contribution in [-0.2, 0) is 5.88 Å². The highest BCUT2D eigenvalue weighted by Gasteiger charge is 2.39. The Labute approximate surface area is 179 Å². The summed E-state index contributed by atoms with van der Waals surface area (Å²) in [6.07, 6.45) is -4.85. The number of nitrogens with zero attached hydrogens (tertiary/aromatic N) is 4. The molecule has 1 saturated carbocycles. The van der Waals surface area contributed by atoms with Gasteiger partial charge in [-0.15, -0.1) is 11.6 Å². The molecule has 0 spiro atoms. The molecule has 3 rings (SSSR count). The van der Waals surface area contributed by atoms with Crippen molar-refractivity contribution in [3.8, 4) is 0 Å². The molecule has 2 N–H and O–H groups in total. The maximum absolute atomic E-state index is 13.5. The Morgan fingerprint density at radius 3 is 2.61 bits per heavy atom. The lowest BCUT2D eigenvalue weighted by molar-refractivity contribution is -0.119. The van der Waals surface area contributed by atoms with E-state index in [-0.39, 0.29) is 54.3 Å². The number of aromatic nitrogens is 3. The molecule has 0 bridgehead atoms. The van der Waals surface area contributed by atoms with E-state index in [0.29, 0.717) is 0 Å². The maximum Gasteiger partial charge on any atom is 0.405 e. The fourth-order valence-electron chi connectivity index (χ4n) is 3.86. The monoisotopic (exact) mass is 469 g/mol. The summed E-state index contributed by atoms with van der Waals surface area (Å²) in [6.45, 7) is -1.22. The van der Waals surface area contributed by atoms with Gasteiger partial charge >= 0.3 is 12.3 Å². The lowest BCUT2D eigenvalue weighted by Gasteiger charge is -2.32. The zero-order valence-corrected chi connectivity index (χ0v) is 17.2. The Morgan fingerprint density at radius 2 is 2.06 bits per heavy atom. The maximum atomic E-state index is 13.5. The molecule has 0 radical (unpaired) electrons. The second-order valence-corrected chi connectivity index (χ2v) is 7.94. The summed E-state index contributed by atoms with van der Waals surface area (Å²) < 4.78 is 66.8. The summed E-state index contributed by atoms with van der Waals surface area (Å²) in [6, 6.07) is 0.526. The first-order valence-corrected chi connectivity index (χ1v) is 10.0. The van der Waals surface area contributed by atoms with Crippen LogP contribution in [0.25, 0.3) is 5.65 Å². The molecule has 13 heteroatoms. The summed E-state index contributed by atoms with van der Waals surface area (Å²) in [7, 11) is 1.25. The third-order valence-corrected chi connectivity index (χ3v) is 5.56. The van der Waals surface area contributed by atoms with E-state index in [1.165, 1.54) is 23.8 Å². The van der Waals surface area contributed by atoms with Crippen LogP contribution >= 0.6 is 11.6 Å². The van der Waals surface area contributed by atoms with Gasteiger partial charge in [0, 0.05) is 26.0 Å². The van der Waals surface area contributed by atoms with E-state index in [0.717, 1.165) is 4.90 Å². The minimum Gasteiger partial charge on any atom is -0.465 e. The molecule has 0 unspecified atom stereocenters. The SMILES string of the molecule is CN(CC(F)(F)F)c1cc2nc([C@@H](NC(=O)O)C3CCC(F)(F)CC3)cn2nc1CCl. The molecule has 1 fully saturated rings. The van der Waals surface area contributed by atoms with Crippen molar-refractivity contribution < 1.29 is 31.9 Å². The third kappa shape index (κ3) is 5.66. The number of nitrogens with one attached hydrogen (secondary N) is 1. The second kappa shape index (κ2) is 8.64. The number of hydrogen-bond acceptors (Lipinski definition) is 4. The zero-order valence-electron chi connectivity index (χ0n) is 16.5. The van der Waals surface area contributed by atoms with E-state index in [9.17, 15) is 31.9 Å². The van der Waals surface area contributed by atoms with E-state index in [2.05, 4.69) is 15.4 Å². The Kier molecular flexibility index (Phi) is 6.49. The summed E-state index contributed by atoms with van der Waals surface area (Å²) in [5.74, 6) is -3.34. The Morgan fingerprint density at radius 1 is 1.42 bits per heavy atom. The molecule has 2 aromatic heterocycles. The van der Waals surface area contributed by atoms with Gasteiger partial charge in [-0.3, -0.25) is 0 Å². The van der Waals surface area contributed by atoms with Gasteiger partial charge in [-0.05, 0) is 18.8 Å². The van der Waals surface area contributed by atoms with Gasteiger partial charge in [0.2, 0.25) is 5.92 Å². The van der Waals surface area contributed by atoms with Gasteiger partial charge in [0.1, 0.15) is 6.54 Å². The van der Waals surface area contributed by atoms with Crippen LogP contribution in [0.3, 0.4) is 0 Å². The first-order valence-electron chi connectivity index (χ1n) is 9.49. The van der Waals surface area contributed by atoms with Crippen molar-refractivity contribution in [2.45, 2.75) is 49.7 Å². The fourth-order valence-corrected chi connectivity index (χ4v) is 4.05. The van der Waals surface area contributed by atoms with E-state index >= 15 is 0 Å². The zero-order chi connectivity index (χ0) is 23.0. The average molecular weight is 470 g/mol. The lowest BCUT2D eigenvalue weighted by atomic mass is 9.81. The van der Waals surface area contributed by atoms with Gasteiger partial charge in [-0.1, -0.05) is 0 Å². The fraction of sp³-hybridized carbons (Fsp3) is 0.611. The van der Waals surface area contributed by atoms with Crippen LogP contribution in [0.4, 0.5) is 32.4 Å². The van der Waals surface area contributed by atoms with Gasteiger partial charge in [-0.2, -0.15) is 18.3 Å². The molecule has 7 nitrogen and oxygen atoms in total. The Bertz CT molecular complexity index is 941. The number of carboxylic acid groups (broad SMARTS) is 1. The number of hydrogen-bond donors (Lipinski definition) is 2. The van der Waals surface area contributed by atoms with Crippen LogP contribution < -0.4 is 10.2 Å². The summed E-state index contributed by atoms with van der Waals surface area (Å²) in [5.41, 5.74) is 0.759. The van der Waals surface area contributed by atoms with Crippen molar-refractivity contribution in [1.29, 1.82) is 0 Å². The number of fused-ring (bicyclic) bond motifs is 1. The van der Waals surface area contributed by atoms with Crippen molar-refractivity contribution in [3.05, 3.63) is 23.7 Å². The van der Waals surface area contributed by atoms with Crippen molar-refractivity contribution in [1.82, 2.24) is 19.9 Å². The standard InChI is InChI=1S/C18H21ClF5N5O2/c1-28(9-18(22,23)24)13-6-14-25-12(8-29(14)27-11(13)7-19)15(26-16(30)31)10-2-4-17(20,21)5-3-10/h6,8,10,15,26H,2-5,7,9H2,1H3,(H,30,31)/t15-/m0/s1. The summed E-state index contributed by atoms with van der Waals surface area (Å²) >= 11 is 5.87. The van der Waals surface area contributed by atoms with Crippen molar-refractivity contribution in [3.63, 3.8) is 0 Å². The van der Waals surface area contributed by atoms with E-state index in [1.807, 2.05) is 0 Å². The molecular formula is C18H21ClF5N5O2. The van der Waals surface area contributed by atoms with Crippen molar-refractivity contribution in [2.75, 3.05) is 18.5 Å². The molecule has 0 aromatic carbocycles. The van der Waals surface area contributed by atoms with Crippen LogP contribution in [0.1, 0.15) is 43.1 Å². The third-order valence-electron chi connectivity index (χ3n) is 5.31. The average Bonchev–Trinajstić information content (AvgIpc) is 3.06. The topological polar surface area (TPSA) is 82.8 Å². The minimum atomic E-state index is -4.44. The van der Waals surface area contributed by atoms with E-state index in [4.69, 9.17) is 11.6 Å². The van der Waals surface area contributed by atoms with Gasteiger partial charge in [0.05, 0.1) is 35.2 Å². The largest absolute Gasteiger partial charge is 0.465 e. The highest BCUT2D eigenvalue weighted by Crippen LogP contribution is 2.41. The highest BCUT2D eigenvalue weighted by molar-refractivity contribution is 6.17. The van der Waals surface area contributed by atoms with Gasteiger partial charge in [-0.25, -0.2) is 23.1 Å². The number of alkyl halides is 6. The van der Waals surface area contributed by atoms with Crippen LogP contribution in [0, 0.1) is 5.92 Å². The normalized spacial score (nSPS) is 18.2. The molecule has 1 aliphatic rings. The molecular weight excluding hydrogens is 449 g/mol. The number of rotatable bonds is 6. The van der Waals surface area contributed by atoms with Crippen molar-refractivity contribution in [2.24, 2.45) is 5.92 Å². The van der Waals surface area contributed by atoms with Crippen molar-refractivity contribution >= 4 is 29.0 Å². The smallest absolute Gasteiger partial charge is 0.405 e. The van der Waals surface area contributed by atoms with E-state index < -0.39 is 36.7 Å². The van der Waals surface area contributed by atoms with E-state index in [1.54, 1.807) is 0 Å². The first-order chi connectivity index (χ1) is 14.4. The predicted octanol–water partition coefficient (Wildman–Crippen LogP) is 4.60. The number of amides is 1. The molecule has 2 heterocycles. The van der Waals surface area contributed by atoms with Crippen LogP contribution in [0.2, 0.25) is 0 Å². The molecule has 1 aliphatic carbocycles. The Hall–Kier alpha value is -2.37. The van der Waals surface area contributed by atoms with Gasteiger partial charge < -0.3 is 15.3 Å². The Balaban J connectivity index is 1.96. The van der Waals surface area contributed by atoms with Gasteiger partial charge in [0.15, 0.2) is 5.65 Å². The number of imidazole rings is 1. The minimum absolute atomic E-state index is 0.103. The lowest BCUT2D eigenvalue weighted by Crippen LogP contribution is -2.36. The molecule has 0 saturated heterocycles. The summed E-state index contributed by atoms with van der Waals surface area (Å²) in [5, 5.41) is 15.8. The molecule has 1 amide bonds. The van der Waals surface area contributed by atoms with Gasteiger partial charge in [0.25, 0.3) is 0 Å². The molecule has 31 heavy (non-hydrogen) atoms. The molecule has 2 aromatic rings. The van der Waals surface area contributed by atoms with Crippen LogP contribution in [-0.4, -0.2) is 51.5 Å². The number of halogens is 6. The van der Waals surface area contributed by atoms with Crippen LogP contribution in [0.15, 0.2) is 12.3 Å². The summed E-state index contributed by atoms with van der Waals surface area (Å²) in [4.78, 5) is 16.6.